The highest BCUT2D eigenvalue weighted by Crippen LogP contribution is 2.42. The molecule has 3 aromatic heterocycles. The van der Waals surface area contributed by atoms with Crippen LogP contribution in [0.5, 0.6) is 0 Å². The number of hydrogen-bond acceptors (Lipinski definition) is 5. The van der Waals surface area contributed by atoms with Gasteiger partial charge in [-0.2, -0.15) is 10.5 Å². The fraction of sp³-hybridized carbons (Fsp3) is 0.232. The van der Waals surface area contributed by atoms with Crippen molar-refractivity contribution in [1.82, 2.24) is 24.1 Å². The highest BCUT2D eigenvalue weighted by atomic mass is 15.0. The van der Waals surface area contributed by atoms with Crippen LogP contribution in [0.3, 0.4) is 0 Å². The molecule has 0 saturated carbocycles. The van der Waals surface area contributed by atoms with E-state index in [2.05, 4.69) is 201 Å². The Hall–Kier alpha value is -8.65. The van der Waals surface area contributed by atoms with Gasteiger partial charge in [0, 0.05) is 49.6 Å². The second kappa shape index (κ2) is 18.0. The molecule has 0 aliphatic heterocycles. The third-order valence-corrected chi connectivity index (χ3v) is 15.1. The van der Waals surface area contributed by atoms with E-state index in [0.717, 1.165) is 55.7 Å². The number of nitriles is 2. The number of fused-ring (bicyclic) bond motifs is 6. The van der Waals surface area contributed by atoms with Crippen molar-refractivity contribution < 1.29 is 0 Å². The quantitative estimate of drug-likeness (QED) is 0.165. The zero-order valence-corrected chi connectivity index (χ0v) is 45.7. The summed E-state index contributed by atoms with van der Waals surface area (Å²) in [6.45, 7) is 27.1. The topological polar surface area (TPSA) is 96.1 Å². The lowest BCUT2D eigenvalue weighted by Gasteiger charge is -2.19. The van der Waals surface area contributed by atoms with E-state index >= 15 is 0 Å². The Balaban J connectivity index is 1.18. The first kappa shape index (κ1) is 49.6. The van der Waals surface area contributed by atoms with Crippen LogP contribution in [0, 0.1) is 22.7 Å². The lowest BCUT2D eigenvalue weighted by molar-refractivity contribution is 0.590. The van der Waals surface area contributed by atoms with Gasteiger partial charge in [-0.3, -0.25) is 0 Å². The minimum absolute atomic E-state index is 0.0477. The molecule has 3 heterocycles. The molecule has 0 spiro atoms. The molecule has 7 heteroatoms. The summed E-state index contributed by atoms with van der Waals surface area (Å²) in [6, 6.07) is 62.3. The Bertz CT molecular complexity index is 4060. The van der Waals surface area contributed by atoms with E-state index in [1.807, 2.05) is 66.7 Å². The van der Waals surface area contributed by atoms with Crippen molar-refractivity contribution in [2.45, 2.75) is 105 Å². The Kier molecular flexibility index (Phi) is 11.8. The summed E-state index contributed by atoms with van der Waals surface area (Å²) in [4.78, 5) is 16.0. The second-order valence-electron chi connectivity index (χ2n) is 24.5. The molecule has 0 bridgehead atoms. The van der Waals surface area contributed by atoms with Crippen LogP contribution in [-0.4, -0.2) is 24.1 Å². The van der Waals surface area contributed by atoms with Gasteiger partial charge in [0.15, 0.2) is 17.5 Å². The molecule has 7 nitrogen and oxygen atoms in total. The molecule has 11 rings (SSSR count). The fourth-order valence-corrected chi connectivity index (χ4v) is 10.6. The molecule has 0 aliphatic rings. The number of nitrogens with zero attached hydrogens (tertiary/aromatic N) is 7. The van der Waals surface area contributed by atoms with Gasteiger partial charge in [-0.25, -0.2) is 15.0 Å². The van der Waals surface area contributed by atoms with Crippen molar-refractivity contribution in [2.24, 2.45) is 0 Å². The molecular formula is C69H63N7. The van der Waals surface area contributed by atoms with Crippen LogP contribution in [0.2, 0.25) is 0 Å². The largest absolute Gasteiger partial charge is 0.309 e. The predicted molar refractivity (Wildman–Crippen MR) is 314 cm³/mol. The second-order valence-corrected chi connectivity index (χ2v) is 24.5. The molecule has 0 radical (unpaired) electrons. The summed E-state index contributed by atoms with van der Waals surface area (Å²) < 4.78 is 4.66. The standard InChI is InChI=1S/C69H63N7/c1-66(2,3)46-23-30-59-54(34-46)55-35-47(67(4,5)6)24-31-60(55)75(59)50-27-22-45(41-71)53(38-50)64-72-63(44-16-14-13-15-17-44)73-65(74-64)58-39-51(28-29-52(58)43-20-18-42(40-70)19-21-43)76-61-32-25-48(68(7,8)9)36-56(61)57-37-49(69(10,11)12)26-33-62(57)76/h13-39H,1-12H3. The van der Waals surface area contributed by atoms with E-state index < -0.39 is 0 Å². The minimum Gasteiger partial charge on any atom is -0.309 e. The van der Waals surface area contributed by atoms with Crippen molar-refractivity contribution in [3.8, 4) is 68.8 Å². The molecule has 0 saturated heterocycles. The molecule has 11 aromatic rings. The van der Waals surface area contributed by atoms with Crippen LogP contribution in [0.1, 0.15) is 116 Å². The van der Waals surface area contributed by atoms with Gasteiger partial charge in [-0.15, -0.1) is 0 Å². The molecule has 0 unspecified atom stereocenters. The van der Waals surface area contributed by atoms with Crippen molar-refractivity contribution >= 4 is 43.6 Å². The van der Waals surface area contributed by atoms with Gasteiger partial charge in [0.1, 0.15) is 0 Å². The molecular weight excluding hydrogens is 927 g/mol. The zero-order valence-electron chi connectivity index (χ0n) is 45.7. The van der Waals surface area contributed by atoms with Gasteiger partial charge in [0.05, 0.1) is 45.3 Å². The van der Waals surface area contributed by atoms with E-state index in [1.165, 1.54) is 43.8 Å². The van der Waals surface area contributed by atoms with Crippen LogP contribution in [0.4, 0.5) is 0 Å². The summed E-state index contributed by atoms with van der Waals surface area (Å²) in [7, 11) is 0. The third-order valence-electron chi connectivity index (χ3n) is 15.1. The summed E-state index contributed by atoms with van der Waals surface area (Å²) in [5.74, 6) is 1.31. The molecule has 374 valence electrons. The molecule has 0 amide bonds. The van der Waals surface area contributed by atoms with Crippen LogP contribution in [-0.2, 0) is 21.7 Å². The Morgan fingerprint density at radius 1 is 0.342 bits per heavy atom. The average molecular weight is 990 g/mol. The number of hydrogen-bond donors (Lipinski definition) is 0. The van der Waals surface area contributed by atoms with Gasteiger partial charge in [0.25, 0.3) is 0 Å². The maximum atomic E-state index is 11.0. The highest BCUT2D eigenvalue weighted by molar-refractivity contribution is 6.11. The van der Waals surface area contributed by atoms with Crippen molar-refractivity contribution in [3.63, 3.8) is 0 Å². The lowest BCUT2D eigenvalue weighted by atomic mass is 9.85. The Morgan fingerprint density at radius 2 is 0.737 bits per heavy atom. The monoisotopic (exact) mass is 990 g/mol. The predicted octanol–water partition coefficient (Wildman–Crippen LogP) is 17.7. The molecule has 0 atom stereocenters. The molecule has 8 aromatic carbocycles. The van der Waals surface area contributed by atoms with E-state index in [4.69, 9.17) is 15.0 Å². The van der Waals surface area contributed by atoms with Gasteiger partial charge in [-0.1, -0.05) is 156 Å². The smallest absolute Gasteiger partial charge is 0.165 e. The van der Waals surface area contributed by atoms with Crippen LogP contribution in [0.25, 0.3) is 100 Å². The molecule has 0 N–H and O–H groups in total. The normalized spacial score (nSPS) is 12.4. The molecule has 76 heavy (non-hydrogen) atoms. The summed E-state index contributed by atoms with van der Waals surface area (Å²) in [5.41, 5.74) is 16.0. The average Bonchev–Trinajstić information content (AvgIpc) is 3.99. The fourth-order valence-electron chi connectivity index (χ4n) is 10.6. The minimum atomic E-state index is -0.0479. The number of benzene rings is 8. The van der Waals surface area contributed by atoms with Gasteiger partial charge < -0.3 is 9.13 Å². The Morgan fingerprint density at radius 3 is 1.14 bits per heavy atom. The summed E-state index contributed by atoms with van der Waals surface area (Å²) in [6.07, 6.45) is 0. The van der Waals surface area contributed by atoms with Gasteiger partial charge in [0.2, 0.25) is 0 Å². The lowest BCUT2D eigenvalue weighted by Crippen LogP contribution is -2.10. The van der Waals surface area contributed by atoms with E-state index in [-0.39, 0.29) is 21.7 Å². The first-order valence-electron chi connectivity index (χ1n) is 26.3. The highest BCUT2D eigenvalue weighted by Gasteiger charge is 2.26. The van der Waals surface area contributed by atoms with Crippen molar-refractivity contribution in [1.29, 1.82) is 10.5 Å². The van der Waals surface area contributed by atoms with E-state index in [9.17, 15) is 10.5 Å². The van der Waals surface area contributed by atoms with Gasteiger partial charge >= 0.3 is 0 Å². The van der Waals surface area contributed by atoms with Crippen molar-refractivity contribution in [3.05, 3.63) is 197 Å². The maximum absolute atomic E-state index is 11.0. The van der Waals surface area contributed by atoms with E-state index in [0.29, 0.717) is 34.2 Å². The van der Waals surface area contributed by atoms with Crippen LogP contribution >= 0.6 is 0 Å². The first-order chi connectivity index (χ1) is 36.1. The summed E-state index contributed by atoms with van der Waals surface area (Å²) in [5, 5.41) is 25.5. The van der Waals surface area contributed by atoms with E-state index in [1.54, 1.807) is 0 Å². The first-order valence-corrected chi connectivity index (χ1v) is 26.3. The third kappa shape index (κ3) is 8.80. The van der Waals surface area contributed by atoms with Crippen molar-refractivity contribution in [2.75, 3.05) is 0 Å². The van der Waals surface area contributed by atoms with Gasteiger partial charge in [-0.05, 0) is 146 Å². The van der Waals surface area contributed by atoms with Crippen LogP contribution in [0.15, 0.2) is 164 Å². The SMILES string of the molecule is CC(C)(C)c1ccc2c(c1)c1cc(C(C)(C)C)ccc1n2-c1ccc(C#N)c(-c2nc(-c3ccccc3)nc(-c3cc(-n4c5ccc(C(C)(C)C)cc5c5cc(C(C)(C)C)ccc54)ccc3-c3ccc(C#N)cc3)n2)c1. The zero-order chi connectivity index (χ0) is 53.6. The molecule has 0 fully saturated rings. The maximum Gasteiger partial charge on any atom is 0.165 e. The van der Waals surface area contributed by atoms with Crippen LogP contribution < -0.4 is 0 Å². The molecule has 0 aliphatic carbocycles. The number of rotatable bonds is 6. The Labute approximate surface area is 446 Å². The summed E-state index contributed by atoms with van der Waals surface area (Å²) >= 11 is 0. The number of aromatic nitrogens is 5.